The van der Waals surface area contributed by atoms with Crippen LogP contribution in [-0.2, 0) is 10.9 Å². The van der Waals surface area contributed by atoms with Gasteiger partial charge in [-0.3, -0.25) is 10.1 Å². The van der Waals surface area contributed by atoms with Gasteiger partial charge < -0.3 is 15.0 Å². The molecule has 7 nitrogen and oxygen atoms in total. The van der Waals surface area contributed by atoms with Gasteiger partial charge in [0.25, 0.3) is 5.69 Å². The number of nitrogens with one attached hydrogen (secondary N) is 1. The van der Waals surface area contributed by atoms with Crippen molar-refractivity contribution in [2.75, 3.05) is 18.4 Å². The fourth-order valence-electron chi connectivity index (χ4n) is 2.73. The molecule has 1 fully saturated rings. The summed E-state index contributed by atoms with van der Waals surface area (Å²) >= 11 is 0. The topological polar surface area (TPSA) is 84.7 Å². The molecule has 0 saturated carbocycles. The van der Waals surface area contributed by atoms with E-state index < -0.39 is 34.0 Å². The fourth-order valence-corrected chi connectivity index (χ4v) is 2.73. The largest absolute Gasteiger partial charge is 0.444 e. The number of carbonyl (C=O) groups excluding carboxylic acids is 1. The van der Waals surface area contributed by atoms with E-state index in [1.54, 1.807) is 25.7 Å². The van der Waals surface area contributed by atoms with Crippen molar-refractivity contribution in [1.82, 2.24) is 4.90 Å². The molecule has 0 atom stereocenters. The van der Waals surface area contributed by atoms with E-state index in [-0.39, 0.29) is 11.7 Å². The number of amides is 1. The van der Waals surface area contributed by atoms with Crippen molar-refractivity contribution >= 4 is 17.5 Å². The average molecular weight is 389 g/mol. The highest BCUT2D eigenvalue weighted by Gasteiger charge is 2.34. The van der Waals surface area contributed by atoms with Gasteiger partial charge in [-0.2, -0.15) is 13.2 Å². The molecule has 1 N–H and O–H groups in total. The zero-order chi connectivity index (χ0) is 20.4. The van der Waals surface area contributed by atoms with E-state index in [9.17, 15) is 28.1 Å². The van der Waals surface area contributed by atoms with Crippen LogP contribution in [0.3, 0.4) is 0 Å². The minimum absolute atomic E-state index is 0.0312. The number of likely N-dealkylation sites (tertiary alicyclic amines) is 1. The number of hydrogen-bond donors (Lipinski definition) is 1. The molecule has 150 valence electrons. The first-order chi connectivity index (χ1) is 12.4. The van der Waals surface area contributed by atoms with Crippen LogP contribution in [0.1, 0.15) is 39.2 Å². The highest BCUT2D eigenvalue weighted by atomic mass is 19.4. The lowest BCUT2D eigenvalue weighted by atomic mass is 10.0. The number of piperidine rings is 1. The molecule has 1 aromatic rings. The molecule has 0 spiro atoms. The maximum atomic E-state index is 12.8. The highest BCUT2D eigenvalue weighted by molar-refractivity contribution is 5.68. The molecule has 1 heterocycles. The van der Waals surface area contributed by atoms with Gasteiger partial charge in [0, 0.05) is 25.2 Å². The number of rotatable bonds is 3. The Labute approximate surface area is 154 Å². The van der Waals surface area contributed by atoms with E-state index in [1.807, 2.05) is 0 Å². The van der Waals surface area contributed by atoms with Gasteiger partial charge in [0.15, 0.2) is 0 Å². The Balaban J connectivity index is 2.03. The predicted octanol–water partition coefficient (Wildman–Crippen LogP) is 4.43. The number of carbonyl (C=O) groups is 1. The molecule has 10 heteroatoms. The summed E-state index contributed by atoms with van der Waals surface area (Å²) in [6.07, 6.45) is -4.09. The van der Waals surface area contributed by atoms with Crippen molar-refractivity contribution in [3.8, 4) is 0 Å². The number of nitro benzene ring substituents is 1. The molecule has 0 bridgehead atoms. The highest BCUT2D eigenvalue weighted by Crippen LogP contribution is 2.35. The van der Waals surface area contributed by atoms with Crippen LogP contribution in [0.5, 0.6) is 0 Å². The first-order valence-corrected chi connectivity index (χ1v) is 8.47. The molecule has 1 aliphatic rings. The Morgan fingerprint density at radius 2 is 1.85 bits per heavy atom. The van der Waals surface area contributed by atoms with E-state index in [4.69, 9.17) is 4.74 Å². The quantitative estimate of drug-likeness (QED) is 0.611. The number of nitro groups is 1. The summed E-state index contributed by atoms with van der Waals surface area (Å²) in [6, 6.07) is 2.21. The Kier molecular flexibility index (Phi) is 5.86. The van der Waals surface area contributed by atoms with Gasteiger partial charge in [-0.25, -0.2) is 4.79 Å². The van der Waals surface area contributed by atoms with Crippen LogP contribution in [-0.4, -0.2) is 40.6 Å². The van der Waals surface area contributed by atoms with Gasteiger partial charge in [0.2, 0.25) is 0 Å². The minimum Gasteiger partial charge on any atom is -0.444 e. The number of halogens is 3. The van der Waals surface area contributed by atoms with E-state index >= 15 is 0 Å². The van der Waals surface area contributed by atoms with Crippen molar-refractivity contribution in [1.29, 1.82) is 0 Å². The molecule has 1 aliphatic heterocycles. The molecule has 2 rings (SSSR count). The third kappa shape index (κ3) is 5.73. The Bertz CT molecular complexity index is 708. The molecule has 0 unspecified atom stereocenters. The SMILES string of the molecule is CC(C)(C)OC(=O)N1CCC(Nc2ccc(C(F)(F)F)cc2[N+](=O)[O-])CC1. The lowest BCUT2D eigenvalue weighted by molar-refractivity contribution is -0.384. The monoisotopic (exact) mass is 389 g/mol. The summed E-state index contributed by atoms with van der Waals surface area (Å²) in [5, 5.41) is 14.1. The van der Waals surface area contributed by atoms with E-state index in [0.29, 0.717) is 32.0 Å². The molecular weight excluding hydrogens is 367 g/mol. The minimum atomic E-state index is -4.65. The summed E-state index contributed by atoms with van der Waals surface area (Å²) in [5.74, 6) is 0. The van der Waals surface area contributed by atoms with Gasteiger partial charge in [0.05, 0.1) is 10.5 Å². The lowest BCUT2D eigenvalue weighted by Gasteiger charge is -2.34. The lowest BCUT2D eigenvalue weighted by Crippen LogP contribution is -2.44. The van der Waals surface area contributed by atoms with Crippen molar-refractivity contribution in [3.63, 3.8) is 0 Å². The molecular formula is C17H22F3N3O4. The molecule has 1 aromatic carbocycles. The van der Waals surface area contributed by atoms with Gasteiger partial charge in [-0.05, 0) is 45.7 Å². The van der Waals surface area contributed by atoms with Crippen LogP contribution >= 0.6 is 0 Å². The van der Waals surface area contributed by atoms with Gasteiger partial charge in [-0.1, -0.05) is 0 Å². The molecule has 27 heavy (non-hydrogen) atoms. The zero-order valence-electron chi connectivity index (χ0n) is 15.3. The first kappa shape index (κ1) is 20.8. The number of ether oxygens (including phenoxy) is 1. The third-order valence-electron chi connectivity index (χ3n) is 4.03. The Morgan fingerprint density at radius 1 is 1.26 bits per heavy atom. The van der Waals surface area contributed by atoms with Crippen LogP contribution in [0.25, 0.3) is 0 Å². The van der Waals surface area contributed by atoms with Gasteiger partial charge >= 0.3 is 12.3 Å². The van der Waals surface area contributed by atoms with Crippen LogP contribution < -0.4 is 5.32 Å². The number of hydrogen-bond acceptors (Lipinski definition) is 5. The van der Waals surface area contributed by atoms with Crippen molar-refractivity contribution in [3.05, 3.63) is 33.9 Å². The second-order valence-corrected chi connectivity index (χ2v) is 7.37. The fraction of sp³-hybridized carbons (Fsp3) is 0.588. The molecule has 0 radical (unpaired) electrons. The third-order valence-corrected chi connectivity index (χ3v) is 4.03. The number of benzene rings is 1. The zero-order valence-corrected chi connectivity index (χ0v) is 15.3. The van der Waals surface area contributed by atoms with Crippen LogP contribution in [0.2, 0.25) is 0 Å². The summed E-state index contributed by atoms with van der Waals surface area (Å²) in [7, 11) is 0. The van der Waals surface area contributed by atoms with Crippen LogP contribution in [0, 0.1) is 10.1 Å². The smallest absolute Gasteiger partial charge is 0.416 e. The maximum Gasteiger partial charge on any atom is 0.416 e. The molecule has 1 amide bonds. The summed E-state index contributed by atoms with van der Waals surface area (Å²) in [4.78, 5) is 23.9. The first-order valence-electron chi connectivity index (χ1n) is 8.47. The summed E-state index contributed by atoms with van der Waals surface area (Å²) in [5.41, 5.74) is -2.27. The molecule has 1 saturated heterocycles. The second-order valence-electron chi connectivity index (χ2n) is 7.37. The summed E-state index contributed by atoms with van der Waals surface area (Å²) < 4.78 is 43.6. The van der Waals surface area contributed by atoms with Crippen molar-refractivity contribution in [2.24, 2.45) is 0 Å². The van der Waals surface area contributed by atoms with E-state index in [1.165, 1.54) is 0 Å². The summed E-state index contributed by atoms with van der Waals surface area (Å²) in [6.45, 7) is 6.08. The van der Waals surface area contributed by atoms with Crippen LogP contribution in [0.4, 0.5) is 29.3 Å². The van der Waals surface area contributed by atoms with E-state index in [2.05, 4.69) is 5.32 Å². The Morgan fingerprint density at radius 3 is 2.33 bits per heavy atom. The number of anilines is 1. The van der Waals surface area contributed by atoms with Gasteiger partial charge in [-0.15, -0.1) is 0 Å². The normalized spacial score (nSPS) is 16.1. The van der Waals surface area contributed by atoms with E-state index in [0.717, 1.165) is 12.1 Å². The Hall–Kier alpha value is -2.52. The van der Waals surface area contributed by atoms with Gasteiger partial charge in [0.1, 0.15) is 11.3 Å². The van der Waals surface area contributed by atoms with Crippen molar-refractivity contribution < 1.29 is 27.6 Å². The molecule has 0 aliphatic carbocycles. The van der Waals surface area contributed by atoms with Crippen molar-refractivity contribution in [2.45, 2.75) is 51.4 Å². The number of alkyl halides is 3. The maximum absolute atomic E-state index is 12.8. The number of nitrogens with zero attached hydrogens (tertiary/aromatic N) is 2. The second kappa shape index (κ2) is 7.61. The molecule has 0 aromatic heterocycles. The standard InChI is InChI=1S/C17H22F3N3O4/c1-16(2,3)27-15(24)22-8-6-12(7-9-22)21-13-5-4-11(17(18,19)20)10-14(13)23(25)26/h4-5,10,12,21H,6-9H2,1-3H3. The predicted molar refractivity (Wildman–Crippen MR) is 92.6 cm³/mol. The van der Waals surface area contributed by atoms with Crippen LogP contribution in [0.15, 0.2) is 18.2 Å². The average Bonchev–Trinajstić information content (AvgIpc) is 2.53.